The van der Waals surface area contributed by atoms with Crippen molar-refractivity contribution in [1.82, 2.24) is 15.2 Å². The number of aryl methyl sites for hydroxylation is 1. The SMILES string of the molecule is Cc1nnc(N[C@H](C)c2cccc(C(F)(F)CO)c2)c2cc(N3C4COCC3C4)cnc12. The van der Waals surface area contributed by atoms with Crippen LogP contribution in [-0.4, -0.2) is 52.2 Å². The molecule has 7 nitrogen and oxygen atoms in total. The maximum atomic E-state index is 13.9. The van der Waals surface area contributed by atoms with E-state index >= 15 is 0 Å². The van der Waals surface area contributed by atoms with Crippen molar-refractivity contribution in [2.24, 2.45) is 0 Å². The molecule has 2 aromatic heterocycles. The van der Waals surface area contributed by atoms with E-state index in [2.05, 4.69) is 31.5 Å². The summed E-state index contributed by atoms with van der Waals surface area (Å²) in [5, 5.41) is 21.7. The first kappa shape index (κ1) is 21.0. The first-order chi connectivity index (χ1) is 15.4. The molecule has 9 heteroatoms. The number of ether oxygens (including phenoxy) is 1. The zero-order chi connectivity index (χ0) is 22.5. The number of morpholine rings is 1. The van der Waals surface area contributed by atoms with Crippen molar-refractivity contribution in [3.8, 4) is 0 Å². The molecule has 3 atom stereocenters. The highest BCUT2D eigenvalue weighted by atomic mass is 19.3. The third kappa shape index (κ3) is 3.55. The van der Waals surface area contributed by atoms with Gasteiger partial charge >= 0.3 is 0 Å². The van der Waals surface area contributed by atoms with Gasteiger partial charge in [-0.2, -0.15) is 13.9 Å². The molecule has 5 rings (SSSR count). The summed E-state index contributed by atoms with van der Waals surface area (Å²) in [4.78, 5) is 7.00. The van der Waals surface area contributed by atoms with Crippen LogP contribution in [0.15, 0.2) is 36.5 Å². The molecule has 2 N–H and O–H groups in total. The van der Waals surface area contributed by atoms with Crippen LogP contribution in [0.4, 0.5) is 20.3 Å². The third-order valence-corrected chi connectivity index (χ3v) is 6.38. The summed E-state index contributed by atoms with van der Waals surface area (Å²) in [6.07, 6.45) is 3.00. The van der Waals surface area contributed by atoms with Gasteiger partial charge < -0.3 is 20.1 Å². The Balaban J connectivity index is 1.47. The molecule has 2 aliphatic heterocycles. The van der Waals surface area contributed by atoms with Gasteiger partial charge in [-0.15, -0.1) is 5.10 Å². The van der Waals surface area contributed by atoms with Crippen LogP contribution in [0.25, 0.3) is 10.9 Å². The average molecular weight is 441 g/mol. The van der Waals surface area contributed by atoms with Gasteiger partial charge in [-0.05, 0) is 38.0 Å². The van der Waals surface area contributed by atoms with Gasteiger partial charge in [-0.3, -0.25) is 4.98 Å². The van der Waals surface area contributed by atoms with E-state index in [1.165, 1.54) is 12.1 Å². The molecule has 1 aromatic carbocycles. The molecule has 2 saturated heterocycles. The van der Waals surface area contributed by atoms with Crippen molar-refractivity contribution in [3.05, 3.63) is 53.3 Å². The van der Waals surface area contributed by atoms with Crippen molar-refractivity contribution in [2.45, 2.75) is 44.3 Å². The quantitative estimate of drug-likeness (QED) is 0.605. The summed E-state index contributed by atoms with van der Waals surface area (Å²) in [7, 11) is 0. The Labute approximate surface area is 184 Å². The Bertz CT molecular complexity index is 1140. The van der Waals surface area contributed by atoms with E-state index in [9.17, 15) is 8.78 Å². The average Bonchev–Trinajstić information content (AvgIpc) is 2.81. The van der Waals surface area contributed by atoms with Gasteiger partial charge in [0.25, 0.3) is 5.92 Å². The van der Waals surface area contributed by atoms with Crippen molar-refractivity contribution in [1.29, 1.82) is 0 Å². The molecule has 2 unspecified atom stereocenters. The maximum Gasteiger partial charge on any atom is 0.295 e. The van der Waals surface area contributed by atoms with Crippen molar-refractivity contribution in [2.75, 3.05) is 30.0 Å². The number of pyridine rings is 1. The van der Waals surface area contributed by atoms with Crippen LogP contribution in [-0.2, 0) is 10.7 Å². The van der Waals surface area contributed by atoms with Crippen LogP contribution in [0.2, 0.25) is 0 Å². The lowest BCUT2D eigenvalue weighted by atomic mass is 9.90. The van der Waals surface area contributed by atoms with Gasteiger partial charge in [-0.25, -0.2) is 0 Å². The summed E-state index contributed by atoms with van der Waals surface area (Å²) in [6, 6.07) is 8.55. The van der Waals surface area contributed by atoms with Gasteiger partial charge in [0.2, 0.25) is 0 Å². The highest BCUT2D eigenvalue weighted by Gasteiger charge is 2.42. The summed E-state index contributed by atoms with van der Waals surface area (Å²) >= 11 is 0. The zero-order valence-electron chi connectivity index (χ0n) is 17.9. The van der Waals surface area contributed by atoms with E-state index in [-0.39, 0.29) is 11.6 Å². The largest absolute Gasteiger partial charge is 0.390 e. The molecule has 3 aromatic rings. The van der Waals surface area contributed by atoms with Gasteiger partial charge in [0.15, 0.2) is 5.82 Å². The molecule has 2 fully saturated rings. The number of nitrogens with zero attached hydrogens (tertiary/aromatic N) is 4. The number of alkyl halides is 2. The molecule has 2 aliphatic rings. The highest BCUT2D eigenvalue weighted by Crippen LogP contribution is 2.38. The Hall–Kier alpha value is -2.91. The fourth-order valence-electron chi connectivity index (χ4n) is 4.57. The van der Waals surface area contributed by atoms with Crippen LogP contribution in [0, 0.1) is 6.92 Å². The van der Waals surface area contributed by atoms with Crippen LogP contribution in [0.3, 0.4) is 0 Å². The lowest BCUT2D eigenvalue weighted by molar-refractivity contribution is -0.0556. The normalized spacial score (nSPS) is 21.3. The number of nitrogens with one attached hydrogen (secondary N) is 1. The van der Waals surface area contributed by atoms with Crippen LogP contribution < -0.4 is 10.2 Å². The Morgan fingerprint density at radius 1 is 1.25 bits per heavy atom. The first-order valence-electron chi connectivity index (χ1n) is 10.7. The molecule has 0 saturated carbocycles. The minimum absolute atomic E-state index is 0.221. The second-order valence-electron chi connectivity index (χ2n) is 8.57. The summed E-state index contributed by atoms with van der Waals surface area (Å²) in [5.41, 5.74) is 2.93. The van der Waals surface area contributed by atoms with E-state index in [0.717, 1.165) is 41.9 Å². The van der Waals surface area contributed by atoms with E-state index in [4.69, 9.17) is 9.84 Å². The van der Waals surface area contributed by atoms with Gasteiger partial charge in [0.05, 0.1) is 54.4 Å². The number of aliphatic hydroxyl groups is 1. The number of halogens is 2. The fourth-order valence-corrected chi connectivity index (χ4v) is 4.57. The minimum Gasteiger partial charge on any atom is -0.390 e. The molecule has 2 bridgehead atoms. The second-order valence-corrected chi connectivity index (χ2v) is 8.57. The van der Waals surface area contributed by atoms with Crippen LogP contribution in [0.1, 0.15) is 36.2 Å². The van der Waals surface area contributed by atoms with Crippen molar-refractivity contribution in [3.63, 3.8) is 0 Å². The number of aromatic nitrogens is 3. The Morgan fingerprint density at radius 2 is 2.03 bits per heavy atom. The number of hydrogen-bond acceptors (Lipinski definition) is 7. The summed E-state index contributed by atoms with van der Waals surface area (Å²) in [6.45, 7) is 3.95. The molecule has 0 spiro atoms. The Kier molecular flexibility index (Phi) is 5.17. The van der Waals surface area contributed by atoms with E-state index in [0.29, 0.717) is 23.5 Å². The Morgan fingerprint density at radius 3 is 2.75 bits per heavy atom. The van der Waals surface area contributed by atoms with Gasteiger partial charge in [0, 0.05) is 10.9 Å². The van der Waals surface area contributed by atoms with Crippen LogP contribution >= 0.6 is 0 Å². The lowest BCUT2D eigenvalue weighted by Crippen LogP contribution is -2.64. The molecular formula is C23H25F2N5O2. The number of anilines is 2. The molecule has 0 amide bonds. The highest BCUT2D eigenvalue weighted by molar-refractivity contribution is 5.92. The predicted octanol–water partition coefficient (Wildman–Crippen LogP) is 3.57. The number of benzene rings is 1. The van der Waals surface area contributed by atoms with E-state index in [1.54, 1.807) is 12.1 Å². The molecule has 0 radical (unpaired) electrons. The van der Waals surface area contributed by atoms with E-state index in [1.807, 2.05) is 20.0 Å². The minimum atomic E-state index is -3.29. The van der Waals surface area contributed by atoms with Crippen molar-refractivity contribution < 1.29 is 18.6 Å². The molecular weight excluding hydrogens is 416 g/mol. The number of aliphatic hydroxyl groups excluding tert-OH is 1. The molecule has 32 heavy (non-hydrogen) atoms. The smallest absolute Gasteiger partial charge is 0.295 e. The van der Waals surface area contributed by atoms with E-state index < -0.39 is 12.5 Å². The van der Waals surface area contributed by atoms with Gasteiger partial charge in [0.1, 0.15) is 6.61 Å². The third-order valence-electron chi connectivity index (χ3n) is 6.38. The second kappa shape index (κ2) is 7.90. The molecule has 168 valence electrons. The van der Waals surface area contributed by atoms with Crippen molar-refractivity contribution >= 4 is 22.4 Å². The van der Waals surface area contributed by atoms with Crippen LogP contribution in [0.5, 0.6) is 0 Å². The monoisotopic (exact) mass is 441 g/mol. The first-order valence-corrected chi connectivity index (χ1v) is 10.7. The molecule has 0 aliphatic carbocycles. The lowest BCUT2D eigenvalue weighted by Gasteiger charge is -2.53. The predicted molar refractivity (Wildman–Crippen MR) is 117 cm³/mol. The fraction of sp³-hybridized carbons (Fsp3) is 0.435. The topological polar surface area (TPSA) is 83.4 Å². The zero-order valence-corrected chi connectivity index (χ0v) is 17.9. The maximum absolute atomic E-state index is 13.9. The standard InChI is InChI=1S/C23H25F2N5O2/c1-13(15-4-3-5-16(6-15)23(24,25)12-31)27-22-20-8-17(9-26-21(20)14(2)28-29-22)30-18-7-19(30)11-32-10-18/h3-6,8-9,13,18-19,31H,7,10-12H2,1-2H3,(H,27,29)/t13-,18?,19?/m1/s1. The number of rotatable bonds is 6. The van der Waals surface area contributed by atoms with Gasteiger partial charge in [-0.1, -0.05) is 18.2 Å². The number of fused-ring (bicyclic) bond motifs is 3. The summed E-state index contributed by atoms with van der Waals surface area (Å²) < 4.78 is 33.5. The summed E-state index contributed by atoms with van der Waals surface area (Å²) in [5.74, 6) is -2.74. The molecule has 4 heterocycles. The number of hydrogen-bond donors (Lipinski definition) is 2.